The van der Waals surface area contributed by atoms with Crippen LogP contribution in [-0.2, 0) is 0 Å². The van der Waals surface area contributed by atoms with Crippen molar-refractivity contribution < 1.29 is 9.21 Å². The van der Waals surface area contributed by atoms with E-state index in [9.17, 15) is 9.59 Å². The van der Waals surface area contributed by atoms with Crippen molar-refractivity contribution in [2.45, 2.75) is 33.2 Å². The van der Waals surface area contributed by atoms with Crippen molar-refractivity contribution in [1.29, 1.82) is 0 Å². The van der Waals surface area contributed by atoms with E-state index >= 15 is 0 Å². The van der Waals surface area contributed by atoms with Gasteiger partial charge in [-0.05, 0) is 76.7 Å². The Bertz CT molecular complexity index is 1180. The molecule has 0 bridgehead atoms. The fourth-order valence-corrected chi connectivity index (χ4v) is 4.16. The maximum absolute atomic E-state index is 13.6. The molecular formula is C25H28N2O3. The molecule has 0 fully saturated rings. The third-order valence-corrected chi connectivity index (χ3v) is 5.98. The Balaban J connectivity index is 1.90. The molecule has 5 nitrogen and oxygen atoms in total. The quantitative estimate of drug-likeness (QED) is 0.639. The van der Waals surface area contributed by atoms with Gasteiger partial charge in [0.25, 0.3) is 5.91 Å². The van der Waals surface area contributed by atoms with E-state index in [0.29, 0.717) is 23.1 Å². The molecule has 30 heavy (non-hydrogen) atoms. The smallest absolute Gasteiger partial charge is 0.290 e. The highest BCUT2D eigenvalue weighted by molar-refractivity contribution is 5.99. The summed E-state index contributed by atoms with van der Waals surface area (Å²) in [5.41, 5.74) is 4.98. The highest BCUT2D eigenvalue weighted by Gasteiger charge is 2.42. The molecule has 0 aliphatic carbocycles. The molecule has 3 aromatic rings. The van der Waals surface area contributed by atoms with Gasteiger partial charge >= 0.3 is 0 Å². The lowest BCUT2D eigenvalue weighted by atomic mass is 9.97. The van der Waals surface area contributed by atoms with E-state index in [-0.39, 0.29) is 17.1 Å². The number of benzene rings is 2. The molecule has 1 aliphatic rings. The van der Waals surface area contributed by atoms with E-state index < -0.39 is 6.04 Å². The van der Waals surface area contributed by atoms with Crippen LogP contribution in [0.25, 0.3) is 11.0 Å². The van der Waals surface area contributed by atoms with Crippen LogP contribution >= 0.6 is 0 Å². The van der Waals surface area contributed by atoms with Crippen LogP contribution in [-0.4, -0.2) is 42.9 Å². The summed E-state index contributed by atoms with van der Waals surface area (Å²) >= 11 is 0. The third-order valence-electron chi connectivity index (χ3n) is 5.98. The lowest BCUT2D eigenvalue weighted by Gasteiger charge is -2.25. The standard InChI is InChI=1S/C25H28N2O3/c1-15-7-9-18(10-8-15)22-21-23(28)19-13-16(2)17(3)14-20(19)30-24(21)25(29)27(22)12-6-11-26(4)5/h7-10,13-14,22H,6,11-12H2,1-5H3/t22-/m1/s1. The number of aryl methyl sites for hydroxylation is 3. The van der Waals surface area contributed by atoms with Gasteiger partial charge in [-0.2, -0.15) is 0 Å². The Morgan fingerprint density at radius 3 is 2.33 bits per heavy atom. The highest BCUT2D eigenvalue weighted by atomic mass is 16.3. The van der Waals surface area contributed by atoms with Crippen molar-refractivity contribution in [3.63, 3.8) is 0 Å². The van der Waals surface area contributed by atoms with Crippen LogP contribution in [0.15, 0.2) is 45.6 Å². The van der Waals surface area contributed by atoms with E-state index in [1.807, 2.05) is 71.3 Å². The van der Waals surface area contributed by atoms with Crippen molar-refractivity contribution in [3.05, 3.63) is 80.2 Å². The summed E-state index contributed by atoms with van der Waals surface area (Å²) in [4.78, 5) is 30.8. The van der Waals surface area contributed by atoms with Gasteiger partial charge in [0, 0.05) is 6.54 Å². The predicted molar refractivity (Wildman–Crippen MR) is 119 cm³/mol. The van der Waals surface area contributed by atoms with Crippen molar-refractivity contribution in [1.82, 2.24) is 9.80 Å². The largest absolute Gasteiger partial charge is 0.450 e. The molecule has 156 valence electrons. The first-order valence-corrected chi connectivity index (χ1v) is 10.4. The Kier molecular flexibility index (Phi) is 5.24. The summed E-state index contributed by atoms with van der Waals surface area (Å²) in [6.45, 7) is 7.42. The molecule has 1 aliphatic heterocycles. The second kappa shape index (κ2) is 7.73. The number of amides is 1. The molecular weight excluding hydrogens is 376 g/mol. The average Bonchev–Trinajstić information content (AvgIpc) is 2.97. The predicted octanol–water partition coefficient (Wildman–Crippen LogP) is 4.22. The van der Waals surface area contributed by atoms with Crippen molar-refractivity contribution >= 4 is 16.9 Å². The lowest BCUT2D eigenvalue weighted by Crippen LogP contribution is -2.32. The second-order valence-electron chi connectivity index (χ2n) is 8.58. The zero-order chi connectivity index (χ0) is 21.6. The number of hydrogen-bond acceptors (Lipinski definition) is 4. The van der Waals surface area contributed by atoms with Gasteiger partial charge in [-0.3, -0.25) is 9.59 Å². The third kappa shape index (κ3) is 3.43. The molecule has 1 aromatic heterocycles. The first kappa shape index (κ1) is 20.4. The molecule has 1 amide bonds. The lowest BCUT2D eigenvalue weighted by molar-refractivity contribution is 0.0722. The topological polar surface area (TPSA) is 53.8 Å². The number of carbonyl (C=O) groups excluding carboxylic acids is 1. The highest BCUT2D eigenvalue weighted by Crippen LogP contribution is 2.38. The minimum absolute atomic E-state index is 0.108. The molecule has 5 heteroatoms. The molecule has 0 saturated carbocycles. The monoisotopic (exact) mass is 404 g/mol. The zero-order valence-electron chi connectivity index (χ0n) is 18.3. The van der Waals surface area contributed by atoms with Gasteiger partial charge in [-0.15, -0.1) is 0 Å². The van der Waals surface area contributed by atoms with Crippen LogP contribution in [0.2, 0.25) is 0 Å². The Hall–Kier alpha value is -2.92. The Morgan fingerprint density at radius 1 is 1.00 bits per heavy atom. The molecule has 0 N–H and O–H groups in total. The molecule has 2 heterocycles. The molecule has 0 saturated heterocycles. The van der Waals surface area contributed by atoms with E-state index in [2.05, 4.69) is 4.90 Å². The maximum atomic E-state index is 13.6. The molecule has 1 atom stereocenters. The number of hydrogen-bond donors (Lipinski definition) is 0. The van der Waals surface area contributed by atoms with Crippen LogP contribution in [0.5, 0.6) is 0 Å². The number of rotatable bonds is 5. The van der Waals surface area contributed by atoms with Crippen LogP contribution < -0.4 is 5.43 Å². The second-order valence-corrected chi connectivity index (χ2v) is 8.58. The van der Waals surface area contributed by atoms with Crippen molar-refractivity contribution in [3.8, 4) is 0 Å². The van der Waals surface area contributed by atoms with Crippen molar-refractivity contribution in [2.75, 3.05) is 27.2 Å². The summed E-state index contributed by atoms with van der Waals surface area (Å²) in [5.74, 6) is -0.0160. The average molecular weight is 405 g/mol. The summed E-state index contributed by atoms with van der Waals surface area (Å²) in [6.07, 6.45) is 0.820. The van der Waals surface area contributed by atoms with Crippen molar-refractivity contribution in [2.24, 2.45) is 0 Å². The van der Waals surface area contributed by atoms with Crippen LogP contribution in [0.4, 0.5) is 0 Å². The van der Waals surface area contributed by atoms with Gasteiger partial charge in [0.15, 0.2) is 5.43 Å². The Labute approximate surface area is 176 Å². The molecule has 0 radical (unpaired) electrons. The summed E-state index contributed by atoms with van der Waals surface area (Å²) in [6, 6.07) is 11.4. The molecule has 2 aromatic carbocycles. The van der Waals surface area contributed by atoms with Crippen LogP contribution in [0.3, 0.4) is 0 Å². The molecule has 4 rings (SSSR count). The normalized spacial score (nSPS) is 16.0. The van der Waals surface area contributed by atoms with E-state index in [0.717, 1.165) is 35.2 Å². The number of fused-ring (bicyclic) bond motifs is 2. The minimum atomic E-state index is -0.419. The van der Waals surface area contributed by atoms with Gasteiger partial charge in [-0.25, -0.2) is 0 Å². The fourth-order valence-electron chi connectivity index (χ4n) is 4.16. The summed E-state index contributed by atoms with van der Waals surface area (Å²) in [5, 5.41) is 0.539. The number of nitrogens with zero attached hydrogens (tertiary/aromatic N) is 2. The SMILES string of the molecule is Cc1ccc([C@@H]2c3c(oc4cc(C)c(C)cc4c3=O)C(=O)N2CCCN(C)C)cc1. The van der Waals surface area contributed by atoms with Gasteiger partial charge in [-0.1, -0.05) is 29.8 Å². The van der Waals surface area contributed by atoms with E-state index in [1.54, 1.807) is 4.90 Å². The fraction of sp³-hybridized carbons (Fsp3) is 0.360. The van der Waals surface area contributed by atoms with Crippen LogP contribution in [0.1, 0.15) is 50.8 Å². The molecule has 0 spiro atoms. The summed E-state index contributed by atoms with van der Waals surface area (Å²) in [7, 11) is 4.03. The summed E-state index contributed by atoms with van der Waals surface area (Å²) < 4.78 is 6.06. The maximum Gasteiger partial charge on any atom is 0.290 e. The van der Waals surface area contributed by atoms with Gasteiger partial charge in [0.05, 0.1) is 17.0 Å². The first-order valence-electron chi connectivity index (χ1n) is 10.4. The van der Waals surface area contributed by atoms with E-state index in [1.165, 1.54) is 0 Å². The number of carbonyl (C=O) groups is 1. The minimum Gasteiger partial charge on any atom is -0.450 e. The first-order chi connectivity index (χ1) is 14.3. The van der Waals surface area contributed by atoms with Gasteiger partial charge in [0.1, 0.15) is 5.58 Å². The molecule has 0 unspecified atom stereocenters. The van der Waals surface area contributed by atoms with Crippen LogP contribution in [0, 0.1) is 20.8 Å². The zero-order valence-corrected chi connectivity index (χ0v) is 18.3. The van der Waals surface area contributed by atoms with Gasteiger partial charge in [0.2, 0.25) is 5.76 Å². The Morgan fingerprint density at radius 2 is 1.67 bits per heavy atom. The van der Waals surface area contributed by atoms with Gasteiger partial charge < -0.3 is 14.2 Å². The van der Waals surface area contributed by atoms with E-state index in [4.69, 9.17) is 4.42 Å².